The number of methoxy groups -OCH3 is 1. The zero-order valence-corrected chi connectivity index (χ0v) is 15.3. The van der Waals surface area contributed by atoms with E-state index in [0.717, 1.165) is 31.9 Å². The number of carbonyl (C=O) groups is 1. The predicted molar refractivity (Wildman–Crippen MR) is 104 cm³/mol. The Kier molecular flexibility index (Phi) is 5.56. The molecule has 1 heterocycles. The summed E-state index contributed by atoms with van der Waals surface area (Å²) in [6.07, 6.45) is 0. The highest BCUT2D eigenvalue weighted by Crippen LogP contribution is 2.30. The first-order valence-electron chi connectivity index (χ1n) is 8.66. The number of hydrogen-bond acceptors (Lipinski definition) is 6. The molecule has 2 aromatic rings. The van der Waals surface area contributed by atoms with Crippen LogP contribution in [0.15, 0.2) is 42.5 Å². The quantitative estimate of drug-likeness (QED) is 0.643. The molecule has 8 nitrogen and oxygen atoms in total. The van der Waals surface area contributed by atoms with Crippen LogP contribution in [0.1, 0.15) is 10.4 Å². The molecule has 0 spiro atoms. The van der Waals surface area contributed by atoms with Gasteiger partial charge < -0.3 is 19.9 Å². The van der Waals surface area contributed by atoms with Crippen LogP contribution in [0.2, 0.25) is 0 Å². The summed E-state index contributed by atoms with van der Waals surface area (Å²) in [6.45, 7) is 3.65. The van der Waals surface area contributed by atoms with Gasteiger partial charge in [0.2, 0.25) is 0 Å². The molecule has 27 heavy (non-hydrogen) atoms. The fraction of sp³-hybridized carbons (Fsp3) is 0.316. The van der Waals surface area contributed by atoms with E-state index >= 15 is 0 Å². The Balaban J connectivity index is 1.83. The molecule has 8 heteroatoms. The molecule has 0 aliphatic carbocycles. The van der Waals surface area contributed by atoms with Gasteiger partial charge in [0.15, 0.2) is 5.75 Å². The zero-order valence-electron chi connectivity index (χ0n) is 15.3. The van der Waals surface area contributed by atoms with Gasteiger partial charge in [-0.2, -0.15) is 0 Å². The van der Waals surface area contributed by atoms with E-state index in [-0.39, 0.29) is 17.0 Å². The fourth-order valence-electron chi connectivity index (χ4n) is 3.07. The molecule has 0 radical (unpaired) electrons. The fourth-order valence-corrected chi connectivity index (χ4v) is 3.07. The number of para-hydroxylation sites is 2. The minimum atomic E-state index is -0.562. The summed E-state index contributed by atoms with van der Waals surface area (Å²) < 4.78 is 4.98. The van der Waals surface area contributed by atoms with Crippen LogP contribution >= 0.6 is 0 Å². The molecular formula is C19H22N4O4. The molecule has 1 fully saturated rings. The monoisotopic (exact) mass is 370 g/mol. The molecule has 0 aromatic heterocycles. The maximum atomic E-state index is 12.7. The maximum Gasteiger partial charge on any atom is 0.311 e. The van der Waals surface area contributed by atoms with Crippen LogP contribution in [0.5, 0.6) is 5.75 Å². The van der Waals surface area contributed by atoms with Crippen molar-refractivity contribution in [2.45, 2.75) is 0 Å². The van der Waals surface area contributed by atoms with E-state index in [0.29, 0.717) is 5.69 Å². The Morgan fingerprint density at radius 2 is 1.85 bits per heavy atom. The van der Waals surface area contributed by atoms with Crippen molar-refractivity contribution in [3.8, 4) is 5.75 Å². The largest absolute Gasteiger partial charge is 0.490 e. The number of nitrogens with zero attached hydrogens (tertiary/aromatic N) is 3. The molecule has 0 bridgehead atoms. The van der Waals surface area contributed by atoms with Gasteiger partial charge in [0.25, 0.3) is 5.91 Å². The molecule has 1 N–H and O–H groups in total. The summed E-state index contributed by atoms with van der Waals surface area (Å²) in [6, 6.07) is 11.8. The van der Waals surface area contributed by atoms with Crippen molar-refractivity contribution >= 4 is 23.0 Å². The number of nitro groups is 1. The van der Waals surface area contributed by atoms with Gasteiger partial charge in [-0.05, 0) is 31.3 Å². The second-order valence-corrected chi connectivity index (χ2v) is 6.41. The summed E-state index contributed by atoms with van der Waals surface area (Å²) in [4.78, 5) is 27.8. The number of nitro benzene ring substituents is 1. The standard InChI is InChI=1S/C19H22N4O4/c1-21-9-11-22(12-10-21)16-6-4-3-5-15(16)20-19(24)14-7-8-18(27-2)17(13-14)23(25)26/h3-8,13H,9-12H2,1-2H3,(H,20,24). The smallest absolute Gasteiger partial charge is 0.311 e. The van der Waals surface area contributed by atoms with Crippen molar-refractivity contribution < 1.29 is 14.5 Å². The van der Waals surface area contributed by atoms with Gasteiger partial charge in [-0.3, -0.25) is 14.9 Å². The van der Waals surface area contributed by atoms with Gasteiger partial charge in [0.1, 0.15) is 0 Å². The first kappa shape index (κ1) is 18.7. The molecule has 1 saturated heterocycles. The van der Waals surface area contributed by atoms with Crippen LogP contribution in [0.25, 0.3) is 0 Å². The zero-order chi connectivity index (χ0) is 19.4. The number of hydrogen-bond donors (Lipinski definition) is 1. The van der Waals surface area contributed by atoms with Crippen molar-refractivity contribution in [2.24, 2.45) is 0 Å². The van der Waals surface area contributed by atoms with Crippen molar-refractivity contribution in [1.29, 1.82) is 0 Å². The summed E-state index contributed by atoms with van der Waals surface area (Å²) in [5, 5.41) is 14.1. The normalized spacial score (nSPS) is 14.7. The third-order valence-electron chi connectivity index (χ3n) is 4.63. The molecule has 1 aliphatic heterocycles. The lowest BCUT2D eigenvalue weighted by Gasteiger charge is -2.35. The number of rotatable bonds is 5. The van der Waals surface area contributed by atoms with E-state index in [1.165, 1.54) is 25.3 Å². The van der Waals surface area contributed by atoms with Gasteiger partial charge in [-0.1, -0.05) is 12.1 Å². The molecule has 1 amide bonds. The molecular weight excluding hydrogens is 348 g/mol. The number of carbonyl (C=O) groups excluding carboxylic acids is 1. The van der Waals surface area contributed by atoms with Gasteiger partial charge in [-0.25, -0.2) is 0 Å². The Morgan fingerprint density at radius 1 is 1.15 bits per heavy atom. The Labute approximate surface area is 157 Å². The molecule has 3 rings (SSSR count). The molecule has 0 saturated carbocycles. The third-order valence-corrected chi connectivity index (χ3v) is 4.63. The number of nitrogens with one attached hydrogen (secondary N) is 1. The number of anilines is 2. The molecule has 1 aliphatic rings. The van der Waals surface area contributed by atoms with E-state index in [4.69, 9.17) is 4.74 Å². The number of likely N-dealkylation sites (N-methyl/N-ethyl adjacent to an activating group) is 1. The first-order valence-corrected chi connectivity index (χ1v) is 8.66. The maximum absolute atomic E-state index is 12.7. The summed E-state index contributed by atoms with van der Waals surface area (Å²) in [7, 11) is 3.44. The Hall–Kier alpha value is -3.13. The highest BCUT2D eigenvalue weighted by Gasteiger charge is 2.21. The number of ether oxygens (including phenoxy) is 1. The number of amides is 1. The van der Waals surface area contributed by atoms with Crippen LogP contribution in [-0.4, -0.2) is 56.1 Å². The lowest BCUT2D eigenvalue weighted by Crippen LogP contribution is -2.44. The molecule has 0 atom stereocenters. The summed E-state index contributed by atoms with van der Waals surface area (Å²) in [5.74, 6) is -0.281. The molecule has 142 valence electrons. The second-order valence-electron chi connectivity index (χ2n) is 6.41. The van der Waals surface area contributed by atoms with Gasteiger partial charge >= 0.3 is 5.69 Å². The Bertz CT molecular complexity index is 847. The second kappa shape index (κ2) is 8.05. The van der Waals surface area contributed by atoms with Crippen LogP contribution in [0.4, 0.5) is 17.1 Å². The van der Waals surface area contributed by atoms with E-state index in [2.05, 4.69) is 22.2 Å². The SMILES string of the molecule is COc1ccc(C(=O)Nc2ccccc2N2CCN(C)CC2)cc1[N+](=O)[O-]. The van der Waals surface area contributed by atoms with Crippen molar-refractivity contribution in [2.75, 3.05) is 50.6 Å². The summed E-state index contributed by atoms with van der Waals surface area (Å²) in [5.41, 5.74) is 1.60. The van der Waals surface area contributed by atoms with Crippen LogP contribution in [-0.2, 0) is 0 Å². The van der Waals surface area contributed by atoms with Gasteiger partial charge in [-0.15, -0.1) is 0 Å². The molecule has 2 aromatic carbocycles. The minimum Gasteiger partial charge on any atom is -0.490 e. The van der Waals surface area contributed by atoms with Gasteiger partial charge in [0, 0.05) is 37.8 Å². The number of piperazine rings is 1. The van der Waals surface area contributed by atoms with Crippen LogP contribution in [0, 0.1) is 10.1 Å². The average Bonchev–Trinajstić information content (AvgIpc) is 2.68. The third kappa shape index (κ3) is 4.17. The van der Waals surface area contributed by atoms with Gasteiger partial charge in [0.05, 0.1) is 23.4 Å². The Morgan fingerprint density at radius 3 is 2.52 bits per heavy atom. The average molecular weight is 370 g/mol. The van der Waals surface area contributed by atoms with Crippen LogP contribution in [0.3, 0.4) is 0 Å². The number of benzene rings is 2. The lowest BCUT2D eigenvalue weighted by atomic mass is 10.1. The predicted octanol–water partition coefficient (Wildman–Crippen LogP) is 2.61. The highest BCUT2D eigenvalue weighted by atomic mass is 16.6. The lowest BCUT2D eigenvalue weighted by molar-refractivity contribution is -0.385. The highest BCUT2D eigenvalue weighted by molar-refractivity contribution is 6.06. The van der Waals surface area contributed by atoms with E-state index in [1.54, 1.807) is 0 Å². The van der Waals surface area contributed by atoms with E-state index in [9.17, 15) is 14.9 Å². The van der Waals surface area contributed by atoms with Crippen molar-refractivity contribution in [1.82, 2.24) is 4.90 Å². The van der Waals surface area contributed by atoms with Crippen LogP contribution < -0.4 is 15.0 Å². The summed E-state index contributed by atoms with van der Waals surface area (Å²) >= 11 is 0. The first-order chi connectivity index (χ1) is 13.0. The topological polar surface area (TPSA) is 88.0 Å². The van der Waals surface area contributed by atoms with E-state index in [1.807, 2.05) is 24.3 Å². The minimum absolute atomic E-state index is 0.120. The van der Waals surface area contributed by atoms with Crippen molar-refractivity contribution in [3.05, 3.63) is 58.1 Å². The molecule has 0 unspecified atom stereocenters. The van der Waals surface area contributed by atoms with Crippen molar-refractivity contribution in [3.63, 3.8) is 0 Å². The van der Waals surface area contributed by atoms with E-state index < -0.39 is 10.8 Å².